The highest BCUT2D eigenvalue weighted by Crippen LogP contribution is 2.27. The second-order valence-electron chi connectivity index (χ2n) is 5.66. The summed E-state index contributed by atoms with van der Waals surface area (Å²) >= 11 is 0. The first-order chi connectivity index (χ1) is 9.26. The van der Waals surface area contributed by atoms with Crippen molar-refractivity contribution in [1.82, 2.24) is 9.80 Å². The molecule has 1 saturated carbocycles. The van der Waals surface area contributed by atoms with Gasteiger partial charge in [-0.2, -0.15) is 0 Å². The van der Waals surface area contributed by atoms with E-state index in [-0.39, 0.29) is 5.82 Å². The highest BCUT2D eigenvalue weighted by atomic mass is 19.1. The Hall–Kier alpha value is -0.970. The summed E-state index contributed by atoms with van der Waals surface area (Å²) in [4.78, 5) is 5.00. The average Bonchev–Trinajstić information content (AvgIpc) is 3.24. The van der Waals surface area contributed by atoms with Gasteiger partial charge in [0.2, 0.25) is 0 Å². The Bertz CT molecular complexity index is 437. The van der Waals surface area contributed by atoms with E-state index in [1.54, 1.807) is 6.07 Å². The topological polar surface area (TPSA) is 32.5 Å². The van der Waals surface area contributed by atoms with Gasteiger partial charge < -0.3 is 5.73 Å². The summed E-state index contributed by atoms with van der Waals surface area (Å²) in [6, 6.07) is 5.80. The van der Waals surface area contributed by atoms with Crippen molar-refractivity contribution in [2.45, 2.75) is 32.0 Å². The fourth-order valence-electron chi connectivity index (χ4n) is 2.91. The minimum Gasteiger partial charge on any atom is -0.326 e. The second-order valence-corrected chi connectivity index (χ2v) is 5.66. The van der Waals surface area contributed by atoms with E-state index in [1.165, 1.54) is 18.9 Å². The fourth-order valence-corrected chi connectivity index (χ4v) is 2.91. The van der Waals surface area contributed by atoms with E-state index in [0.717, 1.165) is 49.9 Å². The molecule has 0 amide bonds. The molecule has 2 N–H and O–H groups in total. The molecular weight excluding hydrogens is 241 g/mol. The molecule has 0 radical (unpaired) electrons. The highest BCUT2D eigenvalue weighted by Gasteiger charge is 2.31. The van der Waals surface area contributed by atoms with Gasteiger partial charge in [-0.25, -0.2) is 4.39 Å². The summed E-state index contributed by atoms with van der Waals surface area (Å²) in [5.41, 5.74) is 7.83. The largest absolute Gasteiger partial charge is 0.326 e. The van der Waals surface area contributed by atoms with Gasteiger partial charge in [-0.15, -0.1) is 0 Å². The number of benzene rings is 1. The van der Waals surface area contributed by atoms with Crippen molar-refractivity contribution in [2.75, 3.05) is 26.2 Å². The number of rotatable bonds is 4. The van der Waals surface area contributed by atoms with Crippen LogP contribution in [0.1, 0.15) is 24.0 Å². The van der Waals surface area contributed by atoms with Crippen molar-refractivity contribution in [3.63, 3.8) is 0 Å². The molecule has 2 fully saturated rings. The zero-order valence-corrected chi connectivity index (χ0v) is 11.3. The summed E-state index contributed by atoms with van der Waals surface area (Å²) in [7, 11) is 0. The van der Waals surface area contributed by atoms with Crippen LogP contribution in [0.3, 0.4) is 0 Å². The van der Waals surface area contributed by atoms with Crippen LogP contribution < -0.4 is 5.73 Å². The Morgan fingerprint density at radius 1 is 1.11 bits per heavy atom. The van der Waals surface area contributed by atoms with Gasteiger partial charge in [-0.3, -0.25) is 9.80 Å². The van der Waals surface area contributed by atoms with Crippen molar-refractivity contribution >= 4 is 0 Å². The predicted octanol–water partition coefficient (Wildman–Crippen LogP) is 1.56. The van der Waals surface area contributed by atoms with Crippen LogP contribution >= 0.6 is 0 Å². The lowest BCUT2D eigenvalue weighted by Gasteiger charge is -2.35. The van der Waals surface area contributed by atoms with Gasteiger partial charge in [0, 0.05) is 45.3 Å². The Kier molecular flexibility index (Phi) is 3.82. The molecule has 0 spiro atoms. The Morgan fingerprint density at radius 3 is 2.47 bits per heavy atom. The molecule has 1 aromatic rings. The van der Waals surface area contributed by atoms with Crippen molar-refractivity contribution in [2.24, 2.45) is 5.73 Å². The fraction of sp³-hybridized carbons (Fsp3) is 0.600. The minimum atomic E-state index is -0.163. The first-order valence-corrected chi connectivity index (χ1v) is 7.20. The van der Waals surface area contributed by atoms with Crippen LogP contribution in [-0.2, 0) is 13.1 Å². The molecule has 1 heterocycles. The first-order valence-electron chi connectivity index (χ1n) is 7.20. The molecule has 19 heavy (non-hydrogen) atoms. The number of piperazine rings is 1. The molecule has 0 aromatic heterocycles. The number of nitrogens with zero attached hydrogens (tertiary/aromatic N) is 2. The molecule has 1 aliphatic carbocycles. The number of nitrogens with two attached hydrogens (primary N) is 1. The molecule has 104 valence electrons. The van der Waals surface area contributed by atoms with Gasteiger partial charge >= 0.3 is 0 Å². The number of halogens is 1. The smallest absolute Gasteiger partial charge is 0.123 e. The standard InChI is InChI=1S/C15H22FN3/c16-14-2-1-12(10-17)13(9-14)11-18-5-7-19(8-6-18)15-3-4-15/h1-2,9,15H,3-8,10-11,17H2. The van der Waals surface area contributed by atoms with Gasteiger partial charge in [-0.1, -0.05) is 6.07 Å². The van der Waals surface area contributed by atoms with E-state index >= 15 is 0 Å². The van der Waals surface area contributed by atoms with Gasteiger partial charge in [0.15, 0.2) is 0 Å². The lowest BCUT2D eigenvalue weighted by atomic mass is 10.1. The molecule has 1 aromatic carbocycles. The third kappa shape index (κ3) is 3.14. The summed E-state index contributed by atoms with van der Waals surface area (Å²) in [5.74, 6) is -0.163. The number of hydrogen-bond donors (Lipinski definition) is 1. The van der Waals surface area contributed by atoms with Crippen LogP contribution in [0.2, 0.25) is 0 Å². The number of hydrogen-bond acceptors (Lipinski definition) is 3. The average molecular weight is 263 g/mol. The van der Waals surface area contributed by atoms with Crippen LogP contribution in [0, 0.1) is 5.82 Å². The van der Waals surface area contributed by atoms with Gasteiger partial charge in [-0.05, 0) is 36.1 Å². The van der Waals surface area contributed by atoms with Gasteiger partial charge in [0.1, 0.15) is 5.82 Å². The van der Waals surface area contributed by atoms with E-state index < -0.39 is 0 Å². The quantitative estimate of drug-likeness (QED) is 0.895. The van der Waals surface area contributed by atoms with Crippen molar-refractivity contribution in [1.29, 1.82) is 0 Å². The molecule has 2 aliphatic rings. The van der Waals surface area contributed by atoms with Crippen LogP contribution in [0.4, 0.5) is 4.39 Å². The highest BCUT2D eigenvalue weighted by molar-refractivity contribution is 5.27. The minimum absolute atomic E-state index is 0.163. The van der Waals surface area contributed by atoms with E-state index in [9.17, 15) is 4.39 Å². The Balaban J connectivity index is 1.60. The van der Waals surface area contributed by atoms with Crippen LogP contribution in [0.15, 0.2) is 18.2 Å². The zero-order valence-electron chi connectivity index (χ0n) is 11.3. The molecule has 4 heteroatoms. The molecule has 0 bridgehead atoms. The van der Waals surface area contributed by atoms with E-state index in [1.807, 2.05) is 6.07 Å². The first kappa shape index (κ1) is 13.0. The predicted molar refractivity (Wildman–Crippen MR) is 74.2 cm³/mol. The normalized spacial score (nSPS) is 21.8. The second kappa shape index (κ2) is 5.57. The molecule has 0 unspecified atom stereocenters. The monoisotopic (exact) mass is 263 g/mol. The molecule has 1 saturated heterocycles. The van der Waals surface area contributed by atoms with Crippen molar-refractivity contribution in [3.8, 4) is 0 Å². The SMILES string of the molecule is NCc1ccc(F)cc1CN1CCN(C2CC2)CC1. The lowest BCUT2D eigenvalue weighted by Crippen LogP contribution is -2.46. The lowest BCUT2D eigenvalue weighted by molar-refractivity contribution is 0.121. The molecular formula is C15H22FN3. The van der Waals surface area contributed by atoms with Gasteiger partial charge in [0.25, 0.3) is 0 Å². The Labute approximate surface area is 114 Å². The molecule has 0 atom stereocenters. The van der Waals surface area contributed by atoms with Crippen molar-refractivity contribution in [3.05, 3.63) is 35.1 Å². The van der Waals surface area contributed by atoms with Crippen LogP contribution in [0.5, 0.6) is 0 Å². The zero-order chi connectivity index (χ0) is 13.2. The summed E-state index contributed by atoms with van der Waals surface area (Å²) < 4.78 is 13.3. The maximum absolute atomic E-state index is 13.3. The summed E-state index contributed by atoms with van der Waals surface area (Å²) in [6.07, 6.45) is 2.75. The van der Waals surface area contributed by atoms with E-state index in [2.05, 4.69) is 9.80 Å². The molecule has 3 rings (SSSR count). The molecule has 1 aliphatic heterocycles. The molecule has 3 nitrogen and oxygen atoms in total. The van der Waals surface area contributed by atoms with Gasteiger partial charge in [0.05, 0.1) is 0 Å². The maximum atomic E-state index is 13.3. The third-order valence-corrected chi connectivity index (χ3v) is 4.25. The van der Waals surface area contributed by atoms with Crippen molar-refractivity contribution < 1.29 is 4.39 Å². The maximum Gasteiger partial charge on any atom is 0.123 e. The third-order valence-electron chi connectivity index (χ3n) is 4.25. The van der Waals surface area contributed by atoms with Crippen LogP contribution in [0.25, 0.3) is 0 Å². The summed E-state index contributed by atoms with van der Waals surface area (Å²) in [5, 5.41) is 0. The Morgan fingerprint density at radius 2 is 1.84 bits per heavy atom. The van der Waals surface area contributed by atoms with E-state index in [0.29, 0.717) is 6.54 Å². The van der Waals surface area contributed by atoms with E-state index in [4.69, 9.17) is 5.73 Å². The van der Waals surface area contributed by atoms with Crippen LogP contribution in [-0.4, -0.2) is 42.0 Å². The summed E-state index contributed by atoms with van der Waals surface area (Å²) in [6.45, 7) is 5.77.